The molecule has 17 heavy (non-hydrogen) atoms. The van der Waals surface area contributed by atoms with E-state index in [1.54, 1.807) is 30.3 Å². The molecule has 0 atom stereocenters. The monoisotopic (exact) mass is 251 g/mol. The molecule has 1 aliphatic rings. The molecule has 0 aliphatic carbocycles. The Morgan fingerprint density at radius 3 is 2.41 bits per heavy atom. The van der Waals surface area contributed by atoms with Crippen molar-refractivity contribution >= 4 is 9.84 Å². The molecule has 0 N–H and O–H groups in total. The van der Waals surface area contributed by atoms with Crippen molar-refractivity contribution in [1.82, 2.24) is 4.90 Å². The SMILES string of the molecule is O=S(=O)(/C=C/CN1CCCC1)c1ccccc1. The molecule has 1 heterocycles. The van der Waals surface area contributed by atoms with Crippen LogP contribution in [0.4, 0.5) is 0 Å². The van der Waals surface area contributed by atoms with Crippen LogP contribution in [0, 0.1) is 0 Å². The van der Waals surface area contributed by atoms with Crippen LogP contribution in [-0.2, 0) is 9.84 Å². The summed E-state index contributed by atoms with van der Waals surface area (Å²) in [7, 11) is -3.26. The highest BCUT2D eigenvalue weighted by Gasteiger charge is 2.11. The minimum Gasteiger partial charge on any atom is -0.300 e. The lowest BCUT2D eigenvalue weighted by Crippen LogP contribution is -2.18. The van der Waals surface area contributed by atoms with Crippen LogP contribution in [-0.4, -0.2) is 33.0 Å². The second-order valence-corrected chi connectivity index (χ2v) is 6.07. The van der Waals surface area contributed by atoms with Gasteiger partial charge in [-0.05, 0) is 38.1 Å². The Kier molecular flexibility index (Phi) is 3.97. The summed E-state index contributed by atoms with van der Waals surface area (Å²) in [5, 5.41) is 1.32. The lowest BCUT2D eigenvalue weighted by atomic mass is 10.4. The van der Waals surface area contributed by atoms with Gasteiger partial charge >= 0.3 is 0 Å². The van der Waals surface area contributed by atoms with Crippen LogP contribution in [0.25, 0.3) is 0 Å². The van der Waals surface area contributed by atoms with Crippen molar-refractivity contribution in [3.05, 3.63) is 41.8 Å². The van der Waals surface area contributed by atoms with Crippen molar-refractivity contribution < 1.29 is 8.42 Å². The summed E-state index contributed by atoms with van der Waals surface area (Å²) in [4.78, 5) is 2.62. The topological polar surface area (TPSA) is 37.4 Å². The standard InChI is InChI=1S/C13H17NO2S/c15-17(16,13-7-2-1-3-8-13)12-6-11-14-9-4-5-10-14/h1-3,6-8,12H,4-5,9-11H2/b12-6+. The Morgan fingerprint density at radius 1 is 1.12 bits per heavy atom. The summed E-state index contributed by atoms with van der Waals surface area (Å²) in [6.45, 7) is 2.89. The molecule has 0 unspecified atom stereocenters. The maximum atomic E-state index is 11.9. The zero-order chi connectivity index (χ0) is 12.1. The van der Waals surface area contributed by atoms with Crippen molar-refractivity contribution in [2.45, 2.75) is 17.7 Å². The van der Waals surface area contributed by atoms with Gasteiger partial charge in [0.05, 0.1) is 4.90 Å². The lowest BCUT2D eigenvalue weighted by molar-refractivity contribution is 0.377. The quantitative estimate of drug-likeness (QED) is 0.822. The van der Waals surface area contributed by atoms with Gasteiger partial charge in [0.25, 0.3) is 0 Å². The average Bonchev–Trinajstić information content (AvgIpc) is 2.83. The van der Waals surface area contributed by atoms with E-state index in [0.29, 0.717) is 4.90 Å². The molecule has 1 aromatic rings. The van der Waals surface area contributed by atoms with Crippen molar-refractivity contribution in [2.75, 3.05) is 19.6 Å². The van der Waals surface area contributed by atoms with Crippen molar-refractivity contribution in [2.24, 2.45) is 0 Å². The fourth-order valence-corrected chi connectivity index (χ4v) is 3.01. The number of benzene rings is 1. The number of nitrogens with zero attached hydrogens (tertiary/aromatic N) is 1. The van der Waals surface area contributed by atoms with E-state index < -0.39 is 9.84 Å². The van der Waals surface area contributed by atoms with Crippen LogP contribution in [0.5, 0.6) is 0 Å². The van der Waals surface area contributed by atoms with E-state index in [2.05, 4.69) is 4.90 Å². The Bertz CT molecular complexity index is 473. The van der Waals surface area contributed by atoms with Crippen LogP contribution in [0.15, 0.2) is 46.7 Å². The average molecular weight is 251 g/mol. The molecule has 0 amide bonds. The third kappa shape index (κ3) is 3.41. The Morgan fingerprint density at radius 2 is 1.76 bits per heavy atom. The molecule has 2 rings (SSSR count). The number of hydrogen-bond acceptors (Lipinski definition) is 3. The zero-order valence-corrected chi connectivity index (χ0v) is 10.6. The normalized spacial score (nSPS) is 17.9. The van der Waals surface area contributed by atoms with E-state index in [-0.39, 0.29) is 0 Å². The largest absolute Gasteiger partial charge is 0.300 e. The van der Waals surface area contributed by atoms with Crippen LogP contribution in [0.1, 0.15) is 12.8 Å². The molecule has 0 saturated carbocycles. The van der Waals surface area contributed by atoms with E-state index in [0.717, 1.165) is 19.6 Å². The molecule has 1 aliphatic heterocycles. The molecular formula is C13H17NO2S. The van der Waals surface area contributed by atoms with Crippen LogP contribution < -0.4 is 0 Å². The molecule has 0 aromatic heterocycles. The highest BCUT2D eigenvalue weighted by atomic mass is 32.2. The predicted molar refractivity (Wildman–Crippen MR) is 68.4 cm³/mol. The third-order valence-electron chi connectivity index (χ3n) is 2.91. The van der Waals surface area contributed by atoms with Crippen molar-refractivity contribution in [3.8, 4) is 0 Å². The van der Waals surface area contributed by atoms with Gasteiger partial charge in [-0.1, -0.05) is 24.3 Å². The van der Waals surface area contributed by atoms with Crippen LogP contribution in [0.3, 0.4) is 0 Å². The van der Waals surface area contributed by atoms with Crippen molar-refractivity contribution in [3.63, 3.8) is 0 Å². The van der Waals surface area contributed by atoms with Gasteiger partial charge in [0, 0.05) is 12.0 Å². The van der Waals surface area contributed by atoms with E-state index in [9.17, 15) is 8.42 Å². The Labute approximate surface area is 103 Å². The van der Waals surface area contributed by atoms with E-state index in [4.69, 9.17) is 0 Å². The molecule has 92 valence electrons. The third-order valence-corrected chi connectivity index (χ3v) is 4.39. The van der Waals surface area contributed by atoms with Crippen molar-refractivity contribution in [1.29, 1.82) is 0 Å². The van der Waals surface area contributed by atoms with Crippen LogP contribution in [0.2, 0.25) is 0 Å². The van der Waals surface area contributed by atoms with Gasteiger partial charge in [-0.25, -0.2) is 8.42 Å². The van der Waals surface area contributed by atoms with E-state index in [1.165, 1.54) is 18.2 Å². The second-order valence-electron chi connectivity index (χ2n) is 4.24. The number of likely N-dealkylation sites (tertiary alicyclic amines) is 1. The first-order valence-corrected chi connectivity index (χ1v) is 7.42. The summed E-state index contributed by atoms with van der Waals surface area (Å²) in [5.74, 6) is 0. The number of rotatable bonds is 4. The lowest BCUT2D eigenvalue weighted by Gasteiger charge is -2.10. The maximum absolute atomic E-state index is 11.9. The highest BCUT2D eigenvalue weighted by molar-refractivity contribution is 7.94. The molecule has 0 bridgehead atoms. The minimum atomic E-state index is -3.26. The summed E-state index contributed by atoms with van der Waals surface area (Å²) < 4.78 is 23.8. The molecule has 4 heteroatoms. The molecule has 3 nitrogen and oxygen atoms in total. The summed E-state index contributed by atoms with van der Waals surface area (Å²) in [6.07, 6.45) is 4.19. The first kappa shape index (κ1) is 12.3. The predicted octanol–water partition coefficient (Wildman–Crippen LogP) is 2.07. The fourth-order valence-electron chi connectivity index (χ4n) is 1.97. The zero-order valence-electron chi connectivity index (χ0n) is 9.75. The van der Waals surface area contributed by atoms with Gasteiger partial charge in [-0.2, -0.15) is 0 Å². The first-order chi connectivity index (χ1) is 8.18. The van der Waals surface area contributed by atoms with Gasteiger partial charge in [-0.3, -0.25) is 4.90 Å². The van der Waals surface area contributed by atoms with E-state index >= 15 is 0 Å². The Hall–Kier alpha value is -1.13. The minimum absolute atomic E-state index is 0.359. The fraction of sp³-hybridized carbons (Fsp3) is 0.385. The Balaban J connectivity index is 1.99. The summed E-state index contributed by atoms with van der Waals surface area (Å²) in [6, 6.07) is 8.53. The van der Waals surface area contributed by atoms with Gasteiger partial charge in [0.2, 0.25) is 0 Å². The molecule has 1 aromatic carbocycles. The molecule has 0 radical (unpaired) electrons. The van der Waals surface area contributed by atoms with Gasteiger partial charge in [-0.15, -0.1) is 0 Å². The number of hydrogen-bond donors (Lipinski definition) is 0. The molecular weight excluding hydrogens is 234 g/mol. The molecule has 1 saturated heterocycles. The van der Waals surface area contributed by atoms with Gasteiger partial charge in [0.1, 0.15) is 0 Å². The number of sulfone groups is 1. The van der Waals surface area contributed by atoms with Crippen LogP contribution >= 0.6 is 0 Å². The smallest absolute Gasteiger partial charge is 0.199 e. The summed E-state index contributed by atoms with van der Waals surface area (Å²) >= 11 is 0. The second kappa shape index (κ2) is 5.47. The first-order valence-electron chi connectivity index (χ1n) is 5.87. The molecule has 0 spiro atoms. The van der Waals surface area contributed by atoms with Gasteiger partial charge in [0.15, 0.2) is 9.84 Å². The van der Waals surface area contributed by atoms with Gasteiger partial charge < -0.3 is 0 Å². The van der Waals surface area contributed by atoms with E-state index in [1.807, 2.05) is 6.07 Å². The summed E-state index contributed by atoms with van der Waals surface area (Å²) in [5.41, 5.74) is 0. The highest BCUT2D eigenvalue weighted by Crippen LogP contribution is 2.12. The maximum Gasteiger partial charge on any atom is 0.199 e. The molecule has 1 fully saturated rings.